The van der Waals surface area contributed by atoms with Crippen LogP contribution in [0.5, 0.6) is 11.5 Å². The van der Waals surface area contributed by atoms with Gasteiger partial charge < -0.3 is 15.3 Å². The predicted octanol–water partition coefficient (Wildman–Crippen LogP) is 2.23. The van der Waals surface area contributed by atoms with Crippen LogP contribution >= 0.6 is 0 Å². The topological polar surface area (TPSA) is 94.8 Å². The Morgan fingerprint density at radius 3 is 2.28 bits per heavy atom. The molecule has 1 rings (SSSR count). The minimum Gasteiger partial charge on any atom is -0.508 e. The van der Waals surface area contributed by atoms with Crippen LogP contribution in [0.1, 0.15) is 41.6 Å². The number of aliphatic carboxylic acids is 1. The first-order valence-electron chi connectivity index (χ1n) is 5.69. The van der Waals surface area contributed by atoms with E-state index in [0.717, 1.165) is 6.07 Å². The molecular weight excluding hydrogens is 236 g/mol. The maximum absolute atomic E-state index is 11.8. The van der Waals surface area contributed by atoms with Crippen molar-refractivity contribution in [3.05, 3.63) is 23.3 Å². The highest BCUT2D eigenvalue weighted by Crippen LogP contribution is 2.28. The molecule has 3 N–H and O–H groups in total. The fourth-order valence-corrected chi connectivity index (χ4v) is 1.61. The lowest BCUT2D eigenvalue weighted by Gasteiger charge is -2.06. The van der Waals surface area contributed by atoms with Gasteiger partial charge in [0.2, 0.25) is 0 Å². The molecule has 1 aromatic rings. The minimum atomic E-state index is -0.884. The number of aromatic hydroxyl groups is 2. The quantitative estimate of drug-likeness (QED) is 0.533. The largest absolute Gasteiger partial charge is 0.508 e. The van der Waals surface area contributed by atoms with Crippen LogP contribution in [0.2, 0.25) is 0 Å². The Morgan fingerprint density at radius 1 is 1.06 bits per heavy atom. The molecule has 5 heteroatoms. The van der Waals surface area contributed by atoms with Gasteiger partial charge in [-0.25, -0.2) is 0 Å². The van der Waals surface area contributed by atoms with Crippen LogP contribution in [0.4, 0.5) is 0 Å². The van der Waals surface area contributed by atoms with Crippen LogP contribution < -0.4 is 0 Å². The fraction of sp³-hybridized carbons (Fsp3) is 0.385. The molecule has 1 aromatic carbocycles. The number of hydrogen-bond donors (Lipinski definition) is 3. The molecular formula is C13H16O5. The number of phenolic OH excluding ortho intramolecular Hbond substituents is 2. The van der Waals surface area contributed by atoms with Crippen molar-refractivity contribution in [3.63, 3.8) is 0 Å². The van der Waals surface area contributed by atoms with Crippen LogP contribution in [0.3, 0.4) is 0 Å². The number of hydrogen-bond acceptors (Lipinski definition) is 4. The lowest BCUT2D eigenvalue weighted by molar-refractivity contribution is -0.137. The summed E-state index contributed by atoms with van der Waals surface area (Å²) in [5.41, 5.74) is 0.683. The average molecular weight is 252 g/mol. The number of unbranched alkanes of at least 4 members (excludes halogenated alkanes) is 1. The van der Waals surface area contributed by atoms with Crippen LogP contribution in [-0.4, -0.2) is 27.1 Å². The van der Waals surface area contributed by atoms with Crippen LogP contribution in [0.15, 0.2) is 12.1 Å². The maximum Gasteiger partial charge on any atom is 0.303 e. The third kappa shape index (κ3) is 3.76. The number of carbonyl (C=O) groups excluding carboxylic acids is 1. The van der Waals surface area contributed by atoms with Crippen molar-refractivity contribution in [2.24, 2.45) is 0 Å². The summed E-state index contributed by atoms with van der Waals surface area (Å²) in [4.78, 5) is 22.1. The molecule has 0 bridgehead atoms. The van der Waals surface area contributed by atoms with Gasteiger partial charge in [0.05, 0.1) is 5.56 Å². The Balaban J connectivity index is 2.62. The van der Waals surface area contributed by atoms with Gasteiger partial charge in [-0.3, -0.25) is 9.59 Å². The Hall–Kier alpha value is -2.04. The van der Waals surface area contributed by atoms with E-state index in [9.17, 15) is 19.8 Å². The first-order valence-corrected chi connectivity index (χ1v) is 5.69. The van der Waals surface area contributed by atoms with Crippen molar-refractivity contribution in [3.8, 4) is 11.5 Å². The third-order valence-corrected chi connectivity index (χ3v) is 2.66. The van der Waals surface area contributed by atoms with Gasteiger partial charge in [0.1, 0.15) is 11.5 Å². The zero-order chi connectivity index (χ0) is 13.7. The number of Topliss-reactive ketones (excluding diaryl/α,β-unsaturated/α-hetero) is 1. The molecule has 0 radical (unpaired) electrons. The summed E-state index contributed by atoms with van der Waals surface area (Å²) >= 11 is 0. The number of rotatable bonds is 6. The third-order valence-electron chi connectivity index (χ3n) is 2.66. The Labute approximate surface area is 105 Å². The van der Waals surface area contributed by atoms with E-state index in [2.05, 4.69) is 0 Å². The second-order valence-corrected chi connectivity index (χ2v) is 4.18. The van der Waals surface area contributed by atoms with E-state index in [-0.39, 0.29) is 35.7 Å². The number of benzene rings is 1. The lowest BCUT2D eigenvalue weighted by atomic mass is 10.0. The highest BCUT2D eigenvalue weighted by molar-refractivity contribution is 5.99. The number of ketones is 1. The second kappa shape index (κ2) is 6.05. The molecule has 0 atom stereocenters. The molecule has 0 spiro atoms. The van der Waals surface area contributed by atoms with Gasteiger partial charge in [-0.15, -0.1) is 0 Å². The summed E-state index contributed by atoms with van der Waals surface area (Å²) in [6, 6.07) is 2.57. The van der Waals surface area contributed by atoms with Crippen molar-refractivity contribution in [1.82, 2.24) is 0 Å². The highest BCUT2D eigenvalue weighted by Gasteiger charge is 2.13. The maximum atomic E-state index is 11.8. The summed E-state index contributed by atoms with van der Waals surface area (Å²) in [7, 11) is 0. The Kier molecular flexibility index (Phi) is 4.71. The Bertz CT molecular complexity index is 465. The van der Waals surface area contributed by atoms with Gasteiger partial charge in [0.15, 0.2) is 5.78 Å². The normalized spacial score (nSPS) is 10.3. The summed E-state index contributed by atoms with van der Waals surface area (Å²) in [5.74, 6) is -1.44. The molecule has 0 saturated heterocycles. The number of carbonyl (C=O) groups is 2. The molecule has 98 valence electrons. The SMILES string of the molecule is Cc1cc(C(=O)CCCCC(=O)O)c(O)cc1O. The molecule has 5 nitrogen and oxygen atoms in total. The molecule has 18 heavy (non-hydrogen) atoms. The number of phenols is 2. The van der Waals surface area contributed by atoms with E-state index < -0.39 is 5.97 Å². The van der Waals surface area contributed by atoms with Gasteiger partial charge in [0.25, 0.3) is 0 Å². The van der Waals surface area contributed by atoms with Gasteiger partial charge in [-0.1, -0.05) is 0 Å². The van der Waals surface area contributed by atoms with Gasteiger partial charge in [0, 0.05) is 18.9 Å². The molecule has 0 amide bonds. The second-order valence-electron chi connectivity index (χ2n) is 4.18. The summed E-state index contributed by atoms with van der Waals surface area (Å²) in [5, 5.41) is 27.4. The monoisotopic (exact) mass is 252 g/mol. The molecule has 0 aromatic heterocycles. The van der Waals surface area contributed by atoms with Gasteiger partial charge in [-0.05, 0) is 31.4 Å². The van der Waals surface area contributed by atoms with E-state index in [1.807, 2.05) is 0 Å². The van der Waals surface area contributed by atoms with Crippen molar-refractivity contribution in [2.45, 2.75) is 32.6 Å². The van der Waals surface area contributed by atoms with Crippen LogP contribution in [0.25, 0.3) is 0 Å². The van der Waals surface area contributed by atoms with Gasteiger partial charge >= 0.3 is 5.97 Å². The highest BCUT2D eigenvalue weighted by atomic mass is 16.4. The molecule has 0 heterocycles. The van der Waals surface area contributed by atoms with Crippen molar-refractivity contribution >= 4 is 11.8 Å². The Morgan fingerprint density at radius 2 is 1.67 bits per heavy atom. The van der Waals surface area contributed by atoms with Crippen LogP contribution in [0, 0.1) is 6.92 Å². The molecule has 0 aliphatic heterocycles. The molecule has 0 unspecified atom stereocenters. The number of carboxylic acids is 1. The van der Waals surface area contributed by atoms with Gasteiger partial charge in [-0.2, -0.15) is 0 Å². The fourth-order valence-electron chi connectivity index (χ4n) is 1.61. The average Bonchev–Trinajstić information content (AvgIpc) is 2.28. The van der Waals surface area contributed by atoms with Crippen molar-refractivity contribution in [2.75, 3.05) is 0 Å². The van der Waals surface area contributed by atoms with E-state index in [0.29, 0.717) is 18.4 Å². The van der Waals surface area contributed by atoms with E-state index >= 15 is 0 Å². The molecule has 0 aliphatic rings. The molecule has 0 saturated carbocycles. The zero-order valence-electron chi connectivity index (χ0n) is 10.1. The first kappa shape index (κ1) is 14.0. The first-order chi connectivity index (χ1) is 8.41. The number of carboxylic acid groups (broad SMARTS) is 1. The van der Waals surface area contributed by atoms with E-state index in [1.54, 1.807) is 6.92 Å². The van der Waals surface area contributed by atoms with Crippen molar-refractivity contribution in [1.29, 1.82) is 0 Å². The smallest absolute Gasteiger partial charge is 0.303 e. The minimum absolute atomic E-state index is 0.0356. The lowest BCUT2D eigenvalue weighted by Crippen LogP contribution is -2.01. The van der Waals surface area contributed by atoms with Crippen LogP contribution in [-0.2, 0) is 4.79 Å². The summed E-state index contributed by atoms with van der Waals surface area (Å²) < 4.78 is 0. The molecule has 0 aliphatic carbocycles. The number of aryl methyl sites for hydroxylation is 1. The van der Waals surface area contributed by atoms with Crippen molar-refractivity contribution < 1.29 is 24.9 Å². The predicted molar refractivity (Wildman–Crippen MR) is 64.9 cm³/mol. The van der Waals surface area contributed by atoms with E-state index in [4.69, 9.17) is 5.11 Å². The molecule has 0 fully saturated rings. The summed E-state index contributed by atoms with van der Waals surface area (Å²) in [6.07, 6.45) is 1.11. The van der Waals surface area contributed by atoms with E-state index in [1.165, 1.54) is 6.07 Å². The summed E-state index contributed by atoms with van der Waals surface area (Å²) in [6.45, 7) is 1.63. The zero-order valence-corrected chi connectivity index (χ0v) is 10.1. The standard InChI is InChI=1S/C13H16O5/c1-8-6-9(12(16)7-11(8)15)10(14)4-2-3-5-13(17)18/h6-7,15-16H,2-5H2,1H3,(H,17,18).